The number of para-hydroxylation sites is 2. The van der Waals surface area contributed by atoms with Crippen molar-refractivity contribution in [3.8, 4) is 0 Å². The van der Waals surface area contributed by atoms with Crippen molar-refractivity contribution in [1.82, 2.24) is 14.9 Å². The molecule has 1 amide bonds. The number of allylic oxidation sites excluding steroid dienone is 4. The predicted octanol–water partition coefficient (Wildman–Crippen LogP) is 3.65. The van der Waals surface area contributed by atoms with E-state index >= 15 is 0 Å². The van der Waals surface area contributed by atoms with E-state index in [1.165, 1.54) is 0 Å². The molecule has 4 rings (SSSR count). The number of aliphatic hydroxyl groups is 1. The Morgan fingerprint density at radius 1 is 1.12 bits per heavy atom. The van der Waals surface area contributed by atoms with Gasteiger partial charge < -0.3 is 15.0 Å². The minimum Gasteiger partial charge on any atom is -0.512 e. The summed E-state index contributed by atoms with van der Waals surface area (Å²) in [7, 11) is 0. The standard InChI is InChI=1S/C20H17N3O2/c1-13(24)16-11-15(21-20(25)14-7-3-2-4-8-14)12-23-18-10-6-5-9-17(18)22-19(16)23/h2-11,24H,12H2,1H3,(H,21,25)/b16-13-. The molecule has 0 aliphatic carbocycles. The van der Waals surface area contributed by atoms with Crippen LogP contribution in [-0.2, 0) is 6.54 Å². The third kappa shape index (κ3) is 2.70. The minimum atomic E-state index is -0.172. The molecule has 2 heterocycles. The van der Waals surface area contributed by atoms with Crippen molar-refractivity contribution in [2.45, 2.75) is 13.5 Å². The van der Waals surface area contributed by atoms with Gasteiger partial charge in [0.05, 0.1) is 23.2 Å². The van der Waals surface area contributed by atoms with Crippen LogP contribution in [0.2, 0.25) is 0 Å². The Labute approximate surface area is 144 Å². The van der Waals surface area contributed by atoms with Crippen molar-refractivity contribution in [3.05, 3.63) is 83.5 Å². The number of fused-ring (bicyclic) bond motifs is 3. The molecular formula is C20H17N3O2. The summed E-state index contributed by atoms with van der Waals surface area (Å²) in [5.74, 6) is 0.705. The number of amides is 1. The van der Waals surface area contributed by atoms with Crippen molar-refractivity contribution < 1.29 is 9.90 Å². The van der Waals surface area contributed by atoms with Gasteiger partial charge in [-0.05, 0) is 37.3 Å². The molecule has 0 bridgehead atoms. The number of hydrogen-bond acceptors (Lipinski definition) is 3. The lowest BCUT2D eigenvalue weighted by Gasteiger charge is -2.20. The zero-order chi connectivity index (χ0) is 17.4. The number of aliphatic hydroxyl groups excluding tert-OH is 1. The summed E-state index contributed by atoms with van der Waals surface area (Å²) in [5, 5.41) is 13.0. The van der Waals surface area contributed by atoms with Crippen LogP contribution >= 0.6 is 0 Å². The Morgan fingerprint density at radius 2 is 1.84 bits per heavy atom. The minimum absolute atomic E-state index is 0.169. The van der Waals surface area contributed by atoms with Gasteiger partial charge in [0.1, 0.15) is 11.6 Å². The van der Waals surface area contributed by atoms with Crippen molar-refractivity contribution in [1.29, 1.82) is 0 Å². The van der Waals surface area contributed by atoms with E-state index in [2.05, 4.69) is 10.3 Å². The van der Waals surface area contributed by atoms with E-state index in [0.29, 0.717) is 29.2 Å². The van der Waals surface area contributed by atoms with Gasteiger partial charge in [-0.2, -0.15) is 0 Å². The molecule has 3 aromatic rings. The molecule has 0 saturated carbocycles. The molecule has 0 atom stereocenters. The van der Waals surface area contributed by atoms with Crippen molar-refractivity contribution in [3.63, 3.8) is 0 Å². The first-order valence-corrected chi connectivity index (χ1v) is 8.06. The van der Waals surface area contributed by atoms with E-state index in [4.69, 9.17) is 0 Å². The number of nitrogens with one attached hydrogen (secondary N) is 1. The van der Waals surface area contributed by atoms with Gasteiger partial charge in [-0.15, -0.1) is 0 Å². The summed E-state index contributed by atoms with van der Waals surface area (Å²) in [6, 6.07) is 16.9. The molecule has 0 spiro atoms. The number of carbonyl (C=O) groups excluding carboxylic acids is 1. The maximum atomic E-state index is 12.4. The first kappa shape index (κ1) is 15.2. The highest BCUT2D eigenvalue weighted by Gasteiger charge is 2.22. The lowest BCUT2D eigenvalue weighted by Crippen LogP contribution is -2.27. The monoisotopic (exact) mass is 331 g/mol. The van der Waals surface area contributed by atoms with Crippen molar-refractivity contribution in [2.75, 3.05) is 0 Å². The fourth-order valence-electron chi connectivity index (χ4n) is 3.05. The molecule has 0 radical (unpaired) electrons. The molecule has 1 aliphatic rings. The molecule has 5 heteroatoms. The van der Waals surface area contributed by atoms with E-state index in [1.54, 1.807) is 25.1 Å². The molecule has 25 heavy (non-hydrogen) atoms. The Hall–Kier alpha value is -3.34. The van der Waals surface area contributed by atoms with Crippen LogP contribution in [0.3, 0.4) is 0 Å². The lowest BCUT2D eigenvalue weighted by molar-refractivity contribution is 0.0964. The Bertz CT molecular complexity index is 1030. The van der Waals surface area contributed by atoms with Crippen LogP contribution < -0.4 is 5.32 Å². The zero-order valence-corrected chi connectivity index (χ0v) is 13.7. The van der Waals surface area contributed by atoms with Gasteiger partial charge in [-0.3, -0.25) is 4.79 Å². The molecular weight excluding hydrogens is 314 g/mol. The highest BCUT2D eigenvalue weighted by atomic mass is 16.3. The van der Waals surface area contributed by atoms with Gasteiger partial charge in [0.25, 0.3) is 5.91 Å². The molecule has 1 aliphatic heterocycles. The molecule has 1 aromatic heterocycles. The van der Waals surface area contributed by atoms with E-state index in [9.17, 15) is 9.90 Å². The number of aromatic nitrogens is 2. The molecule has 2 aromatic carbocycles. The fourth-order valence-corrected chi connectivity index (χ4v) is 3.05. The van der Waals surface area contributed by atoms with Crippen molar-refractivity contribution in [2.24, 2.45) is 0 Å². The summed E-state index contributed by atoms with van der Waals surface area (Å²) in [4.78, 5) is 17.1. The Kier molecular flexibility index (Phi) is 3.61. The average Bonchev–Trinajstić information content (AvgIpc) is 3.00. The van der Waals surface area contributed by atoms with E-state index < -0.39 is 0 Å². The van der Waals surface area contributed by atoms with Gasteiger partial charge >= 0.3 is 0 Å². The molecule has 0 unspecified atom stereocenters. The van der Waals surface area contributed by atoms with Gasteiger partial charge in [-0.25, -0.2) is 4.98 Å². The SMILES string of the molecule is C/C(O)=C1\C=C(NC(=O)c2ccccc2)Cn2c1nc1ccccc12. The fraction of sp³-hybridized carbons (Fsp3) is 0.100. The number of rotatable bonds is 2. The van der Waals surface area contributed by atoms with Crippen LogP contribution in [0.25, 0.3) is 16.6 Å². The maximum absolute atomic E-state index is 12.4. The third-order valence-electron chi connectivity index (χ3n) is 4.24. The summed E-state index contributed by atoms with van der Waals surface area (Å²) in [5.41, 5.74) is 3.76. The highest BCUT2D eigenvalue weighted by molar-refractivity contribution is 5.96. The van der Waals surface area contributed by atoms with Crippen LogP contribution in [0.15, 0.2) is 72.1 Å². The first-order valence-electron chi connectivity index (χ1n) is 8.06. The van der Waals surface area contributed by atoms with Crippen molar-refractivity contribution >= 4 is 22.5 Å². The van der Waals surface area contributed by atoms with Crippen LogP contribution in [-0.4, -0.2) is 20.6 Å². The third-order valence-corrected chi connectivity index (χ3v) is 4.24. The predicted molar refractivity (Wildman–Crippen MR) is 96.9 cm³/mol. The zero-order valence-electron chi connectivity index (χ0n) is 13.7. The van der Waals surface area contributed by atoms with Crippen LogP contribution in [0.4, 0.5) is 0 Å². The number of carbonyl (C=O) groups is 1. The molecule has 124 valence electrons. The first-order chi connectivity index (χ1) is 12.1. The van der Waals surface area contributed by atoms with Gasteiger partial charge in [-0.1, -0.05) is 30.3 Å². The molecule has 0 saturated heterocycles. The second-order valence-electron chi connectivity index (χ2n) is 6.00. The lowest BCUT2D eigenvalue weighted by atomic mass is 10.1. The van der Waals surface area contributed by atoms with E-state index in [1.807, 2.05) is 47.0 Å². The van der Waals surface area contributed by atoms with Crippen LogP contribution in [0.5, 0.6) is 0 Å². The second-order valence-corrected chi connectivity index (χ2v) is 6.00. The van der Waals surface area contributed by atoms with Gasteiger partial charge in [0.15, 0.2) is 0 Å². The number of nitrogens with zero attached hydrogens (tertiary/aromatic N) is 2. The molecule has 0 fully saturated rings. The average molecular weight is 331 g/mol. The largest absolute Gasteiger partial charge is 0.512 e. The number of hydrogen-bond donors (Lipinski definition) is 2. The smallest absolute Gasteiger partial charge is 0.255 e. The van der Waals surface area contributed by atoms with E-state index in [0.717, 1.165) is 11.0 Å². The molecule has 5 nitrogen and oxygen atoms in total. The van der Waals surface area contributed by atoms with E-state index in [-0.39, 0.29) is 11.7 Å². The molecule has 2 N–H and O–H groups in total. The summed E-state index contributed by atoms with van der Waals surface area (Å²) < 4.78 is 2.00. The normalized spacial score (nSPS) is 15.5. The number of imidazole rings is 1. The van der Waals surface area contributed by atoms with Gasteiger partial charge in [0, 0.05) is 11.3 Å². The van der Waals surface area contributed by atoms with Crippen LogP contribution in [0, 0.1) is 0 Å². The highest BCUT2D eigenvalue weighted by Crippen LogP contribution is 2.29. The summed E-state index contributed by atoms with van der Waals surface area (Å²) >= 11 is 0. The van der Waals surface area contributed by atoms with Gasteiger partial charge in [0.2, 0.25) is 0 Å². The number of benzene rings is 2. The maximum Gasteiger partial charge on any atom is 0.255 e. The quantitative estimate of drug-likeness (QED) is 0.704. The summed E-state index contributed by atoms with van der Waals surface area (Å²) in [6.07, 6.45) is 1.79. The summed E-state index contributed by atoms with van der Waals surface area (Å²) in [6.45, 7) is 2.11. The Balaban J connectivity index is 1.74. The van der Waals surface area contributed by atoms with Crippen LogP contribution in [0.1, 0.15) is 23.1 Å². The topological polar surface area (TPSA) is 67.2 Å². The second kappa shape index (κ2) is 5.94. The Morgan fingerprint density at radius 3 is 2.60 bits per heavy atom.